The maximum atomic E-state index is 12.2. The molecule has 2 fully saturated rings. The molecule has 0 radical (unpaired) electrons. The topological polar surface area (TPSA) is 190 Å². The Hall–Kier alpha value is -8.34. The Morgan fingerprint density at radius 3 is 1.44 bits per heavy atom. The van der Waals surface area contributed by atoms with Crippen LogP contribution in [-0.2, 0) is 9.59 Å². The zero-order valence-electron chi connectivity index (χ0n) is 35.4. The molecule has 2 unspecified atom stereocenters. The number of methoxy groups -OCH3 is 4. The lowest BCUT2D eigenvalue weighted by atomic mass is 10.1. The SMILES string of the molecule is C#CC(=O)N1CCC(c2nc(C#Cc3cc(OC)cc(OC)c3)c3c(N)nccn23)C1.CC#CC(=O)N1CCC(c2nc(C#Cc3cc(OC)cc(OC)c3)c3c(N)nccn23)C1. The van der Waals surface area contributed by atoms with E-state index in [1.54, 1.807) is 75.9 Å². The van der Waals surface area contributed by atoms with E-state index in [1.807, 2.05) is 39.3 Å². The molecule has 2 amide bonds. The van der Waals surface area contributed by atoms with Crippen LogP contribution >= 0.6 is 0 Å². The second-order valence-electron chi connectivity index (χ2n) is 14.4. The summed E-state index contributed by atoms with van der Waals surface area (Å²) in [5, 5.41) is 0. The summed E-state index contributed by atoms with van der Waals surface area (Å²) in [5.74, 6) is 24.4. The summed E-state index contributed by atoms with van der Waals surface area (Å²) in [4.78, 5) is 45.4. The lowest BCUT2D eigenvalue weighted by molar-refractivity contribution is -0.124. The van der Waals surface area contributed by atoms with Gasteiger partial charge in [0.25, 0.3) is 11.8 Å². The van der Waals surface area contributed by atoms with Crippen molar-refractivity contribution in [2.24, 2.45) is 0 Å². The first-order valence-corrected chi connectivity index (χ1v) is 19.8. The highest BCUT2D eigenvalue weighted by Gasteiger charge is 2.32. The van der Waals surface area contributed by atoms with Gasteiger partial charge in [-0.3, -0.25) is 18.4 Å². The second-order valence-corrected chi connectivity index (χ2v) is 14.4. The Labute approximate surface area is 364 Å². The van der Waals surface area contributed by atoms with Crippen molar-refractivity contribution in [2.45, 2.75) is 31.6 Å². The lowest BCUT2D eigenvalue weighted by Crippen LogP contribution is -2.27. The third-order valence-electron chi connectivity index (χ3n) is 10.6. The summed E-state index contributed by atoms with van der Waals surface area (Å²) in [7, 11) is 6.36. The third kappa shape index (κ3) is 9.22. The van der Waals surface area contributed by atoms with Crippen LogP contribution in [-0.4, -0.2) is 105 Å². The number of terminal acetylenes is 1. The van der Waals surface area contributed by atoms with Crippen LogP contribution in [0.15, 0.2) is 61.2 Å². The number of hydrogen-bond donors (Lipinski definition) is 2. The van der Waals surface area contributed by atoms with Gasteiger partial charge in [-0.05, 0) is 67.7 Å². The van der Waals surface area contributed by atoms with Gasteiger partial charge >= 0.3 is 0 Å². The smallest absolute Gasteiger partial charge is 0.298 e. The zero-order valence-corrected chi connectivity index (χ0v) is 35.4. The van der Waals surface area contributed by atoms with Gasteiger partial charge in [0, 0.05) is 86.1 Å². The highest BCUT2D eigenvalue weighted by Crippen LogP contribution is 2.32. The molecule has 4 aromatic heterocycles. The number of carbonyl (C=O) groups is 2. The van der Waals surface area contributed by atoms with Crippen LogP contribution in [0.3, 0.4) is 0 Å². The van der Waals surface area contributed by atoms with Gasteiger partial charge in [0.15, 0.2) is 11.6 Å². The van der Waals surface area contributed by atoms with Crippen molar-refractivity contribution < 1.29 is 28.5 Å². The van der Waals surface area contributed by atoms with Gasteiger partial charge in [-0.15, -0.1) is 6.42 Å². The van der Waals surface area contributed by atoms with Crippen LogP contribution in [0.1, 0.15) is 65.8 Å². The molecule has 318 valence electrons. The van der Waals surface area contributed by atoms with Gasteiger partial charge in [0.2, 0.25) is 0 Å². The van der Waals surface area contributed by atoms with Gasteiger partial charge in [0.05, 0.1) is 28.4 Å². The summed E-state index contributed by atoms with van der Waals surface area (Å²) in [6.07, 6.45) is 13.7. The van der Waals surface area contributed by atoms with E-state index in [4.69, 9.17) is 46.8 Å². The summed E-state index contributed by atoms with van der Waals surface area (Å²) in [6, 6.07) is 10.8. The second kappa shape index (κ2) is 18.9. The average Bonchev–Trinajstić information content (AvgIpc) is 4.13. The van der Waals surface area contributed by atoms with Crippen LogP contribution in [0.4, 0.5) is 11.6 Å². The molecule has 6 aromatic rings. The molecule has 2 aliphatic rings. The molecule has 16 nitrogen and oxygen atoms in total. The molecule has 0 spiro atoms. The van der Waals surface area contributed by atoms with E-state index in [-0.39, 0.29) is 23.7 Å². The number of nitrogen functional groups attached to an aromatic ring is 2. The number of nitrogens with zero attached hydrogens (tertiary/aromatic N) is 8. The van der Waals surface area contributed by atoms with Crippen molar-refractivity contribution in [3.63, 3.8) is 0 Å². The maximum absolute atomic E-state index is 12.2. The van der Waals surface area contributed by atoms with Crippen LogP contribution in [0, 0.1) is 47.9 Å². The summed E-state index contributed by atoms with van der Waals surface area (Å²) >= 11 is 0. The third-order valence-corrected chi connectivity index (χ3v) is 10.6. The largest absolute Gasteiger partial charge is 0.497 e. The molecule has 2 saturated heterocycles. The normalized spacial score (nSPS) is 15.1. The summed E-state index contributed by atoms with van der Waals surface area (Å²) in [5.41, 5.74) is 16.1. The van der Waals surface area contributed by atoms with Gasteiger partial charge in [0.1, 0.15) is 57.1 Å². The average molecular weight is 845 g/mol. The van der Waals surface area contributed by atoms with Gasteiger partial charge in [-0.2, -0.15) is 0 Å². The molecule has 0 bridgehead atoms. The molecule has 0 aliphatic carbocycles. The first-order valence-electron chi connectivity index (χ1n) is 19.8. The van der Waals surface area contributed by atoms with Crippen molar-refractivity contribution >= 4 is 34.5 Å². The number of nitrogens with two attached hydrogens (primary N) is 2. The van der Waals surface area contributed by atoms with E-state index in [0.717, 1.165) is 30.1 Å². The van der Waals surface area contributed by atoms with E-state index in [9.17, 15) is 9.59 Å². The highest BCUT2D eigenvalue weighted by molar-refractivity contribution is 5.94. The molecule has 2 atom stereocenters. The van der Waals surface area contributed by atoms with Crippen molar-refractivity contribution in [1.82, 2.24) is 38.5 Å². The number of aromatic nitrogens is 6. The Balaban J connectivity index is 0.000000189. The minimum atomic E-state index is -0.309. The number of imidazole rings is 2. The van der Waals surface area contributed by atoms with Crippen molar-refractivity contribution in [2.75, 3.05) is 66.1 Å². The Kier molecular flexibility index (Phi) is 12.9. The predicted molar refractivity (Wildman–Crippen MR) is 236 cm³/mol. The summed E-state index contributed by atoms with van der Waals surface area (Å²) < 4.78 is 25.1. The number of hydrogen-bond acceptors (Lipinski definition) is 12. The Morgan fingerprint density at radius 1 is 0.651 bits per heavy atom. The minimum Gasteiger partial charge on any atom is -0.497 e. The zero-order chi connectivity index (χ0) is 44.6. The molecule has 0 saturated carbocycles. The highest BCUT2D eigenvalue weighted by atomic mass is 16.5. The first kappa shape index (κ1) is 42.8. The molecule has 16 heteroatoms. The van der Waals surface area contributed by atoms with Crippen molar-refractivity contribution in [3.8, 4) is 70.9 Å². The van der Waals surface area contributed by atoms with E-state index < -0.39 is 0 Å². The number of fused-ring (bicyclic) bond motifs is 2. The number of carbonyl (C=O) groups excluding carboxylic acids is 2. The molecule has 6 heterocycles. The lowest BCUT2D eigenvalue weighted by Gasteiger charge is -2.12. The fourth-order valence-corrected chi connectivity index (χ4v) is 7.53. The fourth-order valence-electron chi connectivity index (χ4n) is 7.53. The Morgan fingerprint density at radius 2 is 1.06 bits per heavy atom. The van der Waals surface area contributed by atoms with Gasteiger partial charge < -0.3 is 40.2 Å². The number of anilines is 2. The molecular formula is C47H44N10O6. The van der Waals surface area contributed by atoms with Crippen LogP contribution < -0.4 is 30.4 Å². The minimum absolute atomic E-state index is 0.0269. The summed E-state index contributed by atoms with van der Waals surface area (Å²) in [6.45, 7) is 3.94. The van der Waals surface area contributed by atoms with Gasteiger partial charge in [-0.1, -0.05) is 17.8 Å². The van der Waals surface area contributed by atoms with E-state index in [0.29, 0.717) is 88.8 Å². The number of likely N-dealkylation sites (tertiary alicyclic amines) is 2. The fraction of sp³-hybridized carbons (Fsp3) is 0.277. The molecule has 4 N–H and O–H groups in total. The van der Waals surface area contributed by atoms with Crippen molar-refractivity contribution in [1.29, 1.82) is 0 Å². The molecule has 8 rings (SSSR count). The number of ether oxygens (including phenoxy) is 4. The molecule has 2 aromatic carbocycles. The quantitative estimate of drug-likeness (QED) is 0.232. The number of amides is 2. The predicted octanol–water partition coefficient (Wildman–Crippen LogP) is 3.75. The monoisotopic (exact) mass is 844 g/mol. The number of benzene rings is 2. The van der Waals surface area contributed by atoms with E-state index >= 15 is 0 Å². The molecule has 63 heavy (non-hydrogen) atoms. The number of rotatable bonds is 6. The Bertz CT molecular complexity index is 2920. The van der Waals surface area contributed by atoms with Crippen LogP contribution in [0.2, 0.25) is 0 Å². The van der Waals surface area contributed by atoms with Crippen LogP contribution in [0.25, 0.3) is 11.0 Å². The standard InChI is InChI=1S/C24H23N5O3.C23H21N5O3/c1-4-5-21(30)28-10-8-17(15-28)24-27-20(22-23(25)26-9-11-29(22)24)7-6-16-12-18(31-2)14-19(13-16)32-3;1-4-20(29)27-9-7-16(14-27)23-26-19(21-22(24)25-8-10-28(21)23)6-5-15-11-17(30-2)13-18(12-15)31-3/h9,11-14,17H,8,10,15H2,1-3H3,(H2,25,26);1,8,10-13,16H,7,9,14H2,2-3H3,(H2,24,25). The van der Waals surface area contributed by atoms with Gasteiger partial charge in [-0.25, -0.2) is 19.9 Å². The van der Waals surface area contributed by atoms with E-state index in [1.165, 1.54) is 0 Å². The molecule has 2 aliphatic heterocycles. The van der Waals surface area contributed by atoms with Crippen LogP contribution in [0.5, 0.6) is 23.0 Å². The maximum Gasteiger partial charge on any atom is 0.298 e. The van der Waals surface area contributed by atoms with Crippen molar-refractivity contribution in [3.05, 3.63) is 95.3 Å². The first-order chi connectivity index (χ1) is 30.6. The molecular weight excluding hydrogens is 801 g/mol. The van der Waals surface area contributed by atoms with E-state index in [2.05, 4.69) is 51.4 Å².